The largest absolute Gasteiger partial charge is 0.497 e. The van der Waals surface area contributed by atoms with Crippen molar-refractivity contribution in [3.8, 4) is 11.5 Å². The lowest BCUT2D eigenvalue weighted by atomic mass is 10.1. The number of unbranched alkanes of at least 4 members (excludes halogenated alkanes) is 1. The molecule has 4 nitrogen and oxygen atoms in total. The average Bonchev–Trinajstić information content (AvgIpc) is 3.12. The van der Waals surface area contributed by atoms with Gasteiger partial charge in [0.25, 0.3) is 0 Å². The van der Waals surface area contributed by atoms with Crippen LogP contribution < -0.4 is 14.8 Å². The number of amides is 1. The molecule has 0 saturated carbocycles. The Hall–Kier alpha value is -2.01. The summed E-state index contributed by atoms with van der Waals surface area (Å²) in [6.45, 7) is 0.618. The van der Waals surface area contributed by atoms with Crippen molar-refractivity contribution in [2.45, 2.75) is 32.1 Å². The quantitative estimate of drug-likeness (QED) is 0.664. The van der Waals surface area contributed by atoms with E-state index in [0.717, 1.165) is 42.7 Å². The lowest BCUT2D eigenvalue weighted by Gasteiger charge is -2.11. The molecule has 5 heteroatoms. The van der Waals surface area contributed by atoms with Gasteiger partial charge < -0.3 is 14.8 Å². The van der Waals surface area contributed by atoms with Gasteiger partial charge in [-0.1, -0.05) is 12.1 Å². The first-order chi connectivity index (χ1) is 11.7. The molecule has 24 heavy (non-hydrogen) atoms. The van der Waals surface area contributed by atoms with Crippen LogP contribution in [0.15, 0.2) is 35.7 Å². The highest BCUT2D eigenvalue weighted by molar-refractivity contribution is 7.09. The van der Waals surface area contributed by atoms with Crippen LogP contribution in [0.25, 0.3) is 0 Å². The van der Waals surface area contributed by atoms with E-state index in [4.69, 9.17) is 9.47 Å². The minimum absolute atomic E-state index is 0.119. The molecule has 0 bridgehead atoms. The van der Waals surface area contributed by atoms with Crippen LogP contribution in [-0.2, 0) is 17.6 Å². The van der Waals surface area contributed by atoms with Crippen molar-refractivity contribution < 1.29 is 14.3 Å². The SMILES string of the molecule is COc1ccc(CCNC(=O)CCCCc2cccs2)c(OC)c1. The van der Waals surface area contributed by atoms with Crippen molar-refractivity contribution >= 4 is 17.2 Å². The molecule has 0 aliphatic heterocycles. The molecule has 130 valence electrons. The minimum Gasteiger partial charge on any atom is -0.497 e. The van der Waals surface area contributed by atoms with Crippen LogP contribution in [0.4, 0.5) is 0 Å². The molecular weight excluding hydrogens is 322 g/mol. The third-order valence-electron chi connectivity index (χ3n) is 3.87. The maximum Gasteiger partial charge on any atom is 0.220 e. The molecule has 2 rings (SSSR count). The Labute approximate surface area is 147 Å². The third-order valence-corrected chi connectivity index (χ3v) is 4.80. The van der Waals surface area contributed by atoms with E-state index in [2.05, 4.69) is 22.8 Å². The van der Waals surface area contributed by atoms with Crippen LogP contribution in [0.5, 0.6) is 11.5 Å². The zero-order valence-electron chi connectivity index (χ0n) is 14.3. The van der Waals surface area contributed by atoms with Crippen molar-refractivity contribution in [2.75, 3.05) is 20.8 Å². The second kappa shape index (κ2) is 9.98. The molecule has 0 atom stereocenters. The summed E-state index contributed by atoms with van der Waals surface area (Å²) in [6.07, 6.45) is 4.38. The zero-order chi connectivity index (χ0) is 17.2. The first-order valence-corrected chi connectivity index (χ1v) is 9.11. The second-order valence-electron chi connectivity index (χ2n) is 5.56. The standard InChI is InChI=1S/C19H25NO3S/c1-22-16-10-9-15(18(14-16)23-2)11-12-20-19(21)8-4-3-6-17-7-5-13-24-17/h5,7,9-10,13-14H,3-4,6,8,11-12H2,1-2H3,(H,20,21). The topological polar surface area (TPSA) is 47.6 Å². The van der Waals surface area contributed by atoms with Crippen molar-refractivity contribution in [3.05, 3.63) is 46.2 Å². The number of methoxy groups -OCH3 is 2. The number of aryl methyl sites for hydroxylation is 1. The van der Waals surface area contributed by atoms with Crippen molar-refractivity contribution in [3.63, 3.8) is 0 Å². The number of benzene rings is 1. The number of carbonyl (C=O) groups excluding carboxylic acids is 1. The highest BCUT2D eigenvalue weighted by Gasteiger charge is 2.06. The Balaban J connectivity index is 1.65. The van der Waals surface area contributed by atoms with Crippen LogP contribution in [0.2, 0.25) is 0 Å². The summed E-state index contributed by atoms with van der Waals surface area (Å²) >= 11 is 1.78. The monoisotopic (exact) mass is 347 g/mol. The average molecular weight is 347 g/mol. The van der Waals surface area contributed by atoms with Gasteiger partial charge in [0.05, 0.1) is 14.2 Å². The molecule has 1 amide bonds. The predicted octanol–water partition coefficient (Wildman–Crippen LogP) is 3.84. The normalized spacial score (nSPS) is 10.4. The number of carbonyl (C=O) groups is 1. The molecule has 0 unspecified atom stereocenters. The van der Waals surface area contributed by atoms with Gasteiger partial charge in [0, 0.05) is 23.9 Å². The molecule has 2 aromatic rings. The summed E-state index contributed by atoms with van der Waals surface area (Å²) in [7, 11) is 3.28. The van der Waals surface area contributed by atoms with Crippen LogP contribution in [-0.4, -0.2) is 26.7 Å². The smallest absolute Gasteiger partial charge is 0.220 e. The predicted molar refractivity (Wildman–Crippen MR) is 98.1 cm³/mol. The number of rotatable bonds is 10. The van der Waals surface area contributed by atoms with Crippen LogP contribution in [0.3, 0.4) is 0 Å². The highest BCUT2D eigenvalue weighted by Crippen LogP contribution is 2.24. The molecule has 0 aliphatic carbocycles. The van der Waals surface area contributed by atoms with Crippen LogP contribution in [0, 0.1) is 0 Å². The number of thiophene rings is 1. The summed E-state index contributed by atoms with van der Waals surface area (Å²) < 4.78 is 10.6. The van der Waals surface area contributed by atoms with E-state index in [0.29, 0.717) is 13.0 Å². The molecular formula is C19H25NO3S. The van der Waals surface area contributed by atoms with E-state index in [1.807, 2.05) is 18.2 Å². The molecule has 1 aromatic carbocycles. The van der Waals surface area contributed by atoms with Gasteiger partial charge in [-0.05, 0) is 48.8 Å². The maximum atomic E-state index is 11.9. The molecule has 1 N–H and O–H groups in total. The molecule has 0 aliphatic rings. The van der Waals surface area contributed by atoms with Gasteiger partial charge in [-0.25, -0.2) is 0 Å². The lowest BCUT2D eigenvalue weighted by Crippen LogP contribution is -2.25. The third kappa shape index (κ3) is 5.89. The summed E-state index contributed by atoms with van der Waals surface area (Å²) in [4.78, 5) is 13.3. The fourth-order valence-electron chi connectivity index (χ4n) is 2.52. The van der Waals surface area contributed by atoms with E-state index in [1.54, 1.807) is 25.6 Å². The fraction of sp³-hybridized carbons (Fsp3) is 0.421. The second-order valence-corrected chi connectivity index (χ2v) is 6.60. The lowest BCUT2D eigenvalue weighted by molar-refractivity contribution is -0.121. The number of ether oxygens (including phenoxy) is 2. The van der Waals surface area contributed by atoms with Gasteiger partial charge in [0.15, 0.2) is 0 Å². The van der Waals surface area contributed by atoms with Crippen molar-refractivity contribution in [1.29, 1.82) is 0 Å². The van der Waals surface area contributed by atoms with Gasteiger partial charge in [-0.3, -0.25) is 4.79 Å². The van der Waals surface area contributed by atoms with Gasteiger partial charge in [0.1, 0.15) is 11.5 Å². The van der Waals surface area contributed by atoms with Gasteiger partial charge in [-0.15, -0.1) is 11.3 Å². The Bertz CT molecular complexity index is 626. The fourth-order valence-corrected chi connectivity index (χ4v) is 3.27. The van der Waals surface area contributed by atoms with Crippen molar-refractivity contribution in [1.82, 2.24) is 5.32 Å². The number of nitrogens with one attached hydrogen (secondary N) is 1. The first kappa shape index (κ1) is 18.3. The van der Waals surface area contributed by atoms with Gasteiger partial charge in [0.2, 0.25) is 5.91 Å². The highest BCUT2D eigenvalue weighted by atomic mass is 32.1. The Morgan fingerprint density at radius 2 is 2.00 bits per heavy atom. The van der Waals surface area contributed by atoms with Gasteiger partial charge >= 0.3 is 0 Å². The van der Waals surface area contributed by atoms with E-state index in [1.165, 1.54) is 4.88 Å². The van der Waals surface area contributed by atoms with E-state index in [-0.39, 0.29) is 5.91 Å². The number of hydrogen-bond acceptors (Lipinski definition) is 4. The molecule has 0 saturated heterocycles. The molecule has 1 aromatic heterocycles. The molecule has 0 fully saturated rings. The summed E-state index contributed by atoms with van der Waals surface area (Å²) in [5, 5.41) is 5.07. The van der Waals surface area contributed by atoms with Crippen LogP contribution >= 0.6 is 11.3 Å². The Kier molecular flexibility index (Phi) is 7.62. The minimum atomic E-state index is 0.119. The Morgan fingerprint density at radius 1 is 1.12 bits per heavy atom. The van der Waals surface area contributed by atoms with Gasteiger partial charge in [-0.2, -0.15) is 0 Å². The molecule has 0 radical (unpaired) electrons. The summed E-state index contributed by atoms with van der Waals surface area (Å²) in [6, 6.07) is 9.96. The zero-order valence-corrected chi connectivity index (χ0v) is 15.2. The molecule has 0 spiro atoms. The van der Waals surface area contributed by atoms with E-state index < -0.39 is 0 Å². The Morgan fingerprint density at radius 3 is 2.71 bits per heavy atom. The first-order valence-electron chi connectivity index (χ1n) is 8.23. The number of hydrogen-bond donors (Lipinski definition) is 1. The summed E-state index contributed by atoms with van der Waals surface area (Å²) in [5.41, 5.74) is 1.07. The van der Waals surface area contributed by atoms with Crippen molar-refractivity contribution in [2.24, 2.45) is 0 Å². The molecule has 1 heterocycles. The van der Waals surface area contributed by atoms with Crippen LogP contribution in [0.1, 0.15) is 29.7 Å². The van der Waals surface area contributed by atoms with E-state index in [9.17, 15) is 4.79 Å². The maximum absolute atomic E-state index is 11.9. The van der Waals surface area contributed by atoms with E-state index >= 15 is 0 Å². The summed E-state index contributed by atoms with van der Waals surface area (Å²) in [5.74, 6) is 1.68.